The summed E-state index contributed by atoms with van der Waals surface area (Å²) in [4.78, 5) is 16.9. The van der Waals surface area contributed by atoms with E-state index in [4.69, 9.17) is 0 Å². The van der Waals surface area contributed by atoms with Gasteiger partial charge >= 0.3 is 6.03 Å². The van der Waals surface area contributed by atoms with Gasteiger partial charge in [-0.05, 0) is 63.4 Å². The molecule has 2 aliphatic rings. The van der Waals surface area contributed by atoms with Crippen molar-refractivity contribution in [1.82, 2.24) is 18.4 Å². The first-order chi connectivity index (χ1) is 14.2. The molecular formula is C21H35N5O3S. The number of nitrogens with one attached hydrogen (secondary N) is 1. The topological polar surface area (TPSA) is 76.2 Å². The van der Waals surface area contributed by atoms with E-state index in [-0.39, 0.29) is 12.1 Å². The number of nitrogens with zero attached hydrogens (tertiary/aromatic N) is 4. The van der Waals surface area contributed by atoms with E-state index in [0.717, 1.165) is 36.4 Å². The van der Waals surface area contributed by atoms with Gasteiger partial charge in [-0.25, -0.2) is 4.79 Å². The Balaban J connectivity index is 1.67. The lowest BCUT2D eigenvalue weighted by Crippen LogP contribution is -2.50. The molecule has 0 bridgehead atoms. The first-order valence-electron chi connectivity index (χ1n) is 10.7. The first kappa shape index (κ1) is 23.0. The van der Waals surface area contributed by atoms with Crippen LogP contribution in [0.1, 0.15) is 30.4 Å². The van der Waals surface area contributed by atoms with Gasteiger partial charge in [-0.3, -0.25) is 0 Å². The average molecular weight is 438 g/mol. The van der Waals surface area contributed by atoms with Crippen LogP contribution in [0.25, 0.3) is 0 Å². The van der Waals surface area contributed by atoms with Crippen LogP contribution in [0.15, 0.2) is 18.2 Å². The third-order valence-electron chi connectivity index (χ3n) is 6.09. The predicted molar refractivity (Wildman–Crippen MR) is 120 cm³/mol. The van der Waals surface area contributed by atoms with E-state index in [0.29, 0.717) is 26.1 Å². The molecule has 0 saturated carbocycles. The van der Waals surface area contributed by atoms with Crippen LogP contribution in [0, 0.1) is 13.8 Å². The quantitative estimate of drug-likeness (QED) is 0.709. The van der Waals surface area contributed by atoms with Crippen LogP contribution >= 0.6 is 0 Å². The molecule has 9 heteroatoms. The minimum absolute atomic E-state index is 0.173. The Morgan fingerprint density at radius 3 is 2.53 bits per heavy atom. The number of aryl methyl sites for hydroxylation is 2. The number of benzene rings is 1. The maximum Gasteiger partial charge on any atom is 0.321 e. The zero-order chi connectivity index (χ0) is 21.9. The summed E-state index contributed by atoms with van der Waals surface area (Å²) >= 11 is 0. The van der Waals surface area contributed by atoms with Gasteiger partial charge in [-0.1, -0.05) is 12.1 Å². The number of carbonyl (C=O) groups is 1. The summed E-state index contributed by atoms with van der Waals surface area (Å²) in [5, 5.41) is 2.99. The van der Waals surface area contributed by atoms with Crippen molar-refractivity contribution < 1.29 is 13.2 Å². The maximum atomic E-state index is 13.0. The van der Waals surface area contributed by atoms with Gasteiger partial charge in [0.1, 0.15) is 0 Å². The van der Waals surface area contributed by atoms with Crippen molar-refractivity contribution in [1.29, 1.82) is 0 Å². The number of urea groups is 1. The van der Waals surface area contributed by atoms with Crippen molar-refractivity contribution in [2.24, 2.45) is 0 Å². The highest BCUT2D eigenvalue weighted by Crippen LogP contribution is 2.23. The molecule has 2 saturated heterocycles. The van der Waals surface area contributed by atoms with E-state index >= 15 is 0 Å². The molecule has 2 heterocycles. The normalized spacial score (nSPS) is 20.5. The molecule has 0 aliphatic carbocycles. The average Bonchev–Trinajstić information content (AvgIpc) is 3.37. The van der Waals surface area contributed by atoms with E-state index in [1.165, 1.54) is 17.1 Å². The van der Waals surface area contributed by atoms with E-state index in [2.05, 4.69) is 10.2 Å². The Labute approximate surface area is 181 Å². The Bertz CT molecular complexity index is 852. The van der Waals surface area contributed by atoms with Crippen molar-refractivity contribution in [3.8, 4) is 0 Å². The highest BCUT2D eigenvalue weighted by molar-refractivity contribution is 7.86. The van der Waals surface area contributed by atoms with Gasteiger partial charge in [-0.2, -0.15) is 17.0 Å². The molecule has 0 aromatic heterocycles. The van der Waals surface area contributed by atoms with E-state index in [1.807, 2.05) is 32.0 Å². The molecule has 0 unspecified atom stereocenters. The van der Waals surface area contributed by atoms with Crippen molar-refractivity contribution in [2.45, 2.75) is 39.2 Å². The number of hydrogen-bond donors (Lipinski definition) is 1. The zero-order valence-corrected chi connectivity index (χ0v) is 19.4. The van der Waals surface area contributed by atoms with Gasteiger partial charge < -0.3 is 15.1 Å². The number of hydrogen-bond acceptors (Lipinski definition) is 4. The van der Waals surface area contributed by atoms with Crippen LogP contribution in [0.3, 0.4) is 0 Å². The van der Waals surface area contributed by atoms with Crippen LogP contribution in [0.2, 0.25) is 0 Å². The number of likely N-dealkylation sites (tertiary alicyclic amines) is 2. The Kier molecular flexibility index (Phi) is 7.38. The molecular weight excluding hydrogens is 402 g/mol. The van der Waals surface area contributed by atoms with Crippen LogP contribution in [-0.2, 0) is 10.2 Å². The summed E-state index contributed by atoms with van der Waals surface area (Å²) in [5.41, 5.74) is 2.89. The highest BCUT2D eigenvalue weighted by atomic mass is 32.2. The molecule has 2 amide bonds. The van der Waals surface area contributed by atoms with Gasteiger partial charge in [0.05, 0.1) is 0 Å². The van der Waals surface area contributed by atoms with Gasteiger partial charge in [0.15, 0.2) is 0 Å². The molecule has 1 aromatic carbocycles. The van der Waals surface area contributed by atoms with E-state index < -0.39 is 10.2 Å². The molecule has 1 N–H and O–H groups in total. The molecule has 2 aliphatic heterocycles. The summed E-state index contributed by atoms with van der Waals surface area (Å²) in [5.74, 6) is 0. The molecule has 3 rings (SSSR count). The minimum Gasteiger partial charge on any atom is -0.323 e. The third kappa shape index (κ3) is 5.32. The van der Waals surface area contributed by atoms with Crippen molar-refractivity contribution in [3.05, 3.63) is 29.3 Å². The lowest BCUT2D eigenvalue weighted by molar-refractivity contribution is 0.214. The van der Waals surface area contributed by atoms with Gasteiger partial charge in [0.25, 0.3) is 10.2 Å². The number of carbonyl (C=O) groups excluding carboxylic acids is 1. The molecule has 0 spiro atoms. The highest BCUT2D eigenvalue weighted by Gasteiger charge is 2.37. The van der Waals surface area contributed by atoms with Crippen molar-refractivity contribution in [2.75, 3.05) is 58.7 Å². The Hall–Kier alpha value is -1.68. The second kappa shape index (κ2) is 9.64. The zero-order valence-electron chi connectivity index (χ0n) is 18.6. The lowest BCUT2D eigenvalue weighted by atomic mass is 10.1. The first-order valence-corrected chi connectivity index (χ1v) is 12.1. The standard InChI is InChI=1S/C21H35N5O3S/c1-17-7-8-18(2)20(15-17)22-21(27)25-12-9-19(16-25)26(30(28,29)23(3)4)14-13-24-10-5-6-11-24/h7-8,15,19H,5-6,9-14,16H2,1-4H3,(H,22,27)/t19-/m0/s1. The van der Waals surface area contributed by atoms with Gasteiger partial charge in [0.2, 0.25) is 0 Å². The van der Waals surface area contributed by atoms with Gasteiger partial charge in [0, 0.05) is 52.0 Å². The second-order valence-corrected chi connectivity index (χ2v) is 10.7. The van der Waals surface area contributed by atoms with Crippen LogP contribution in [0.5, 0.6) is 0 Å². The Morgan fingerprint density at radius 1 is 1.17 bits per heavy atom. The summed E-state index contributed by atoms with van der Waals surface area (Å²) in [6.45, 7) is 8.16. The molecule has 1 aromatic rings. The number of rotatable bonds is 7. The monoisotopic (exact) mass is 437 g/mol. The molecule has 8 nitrogen and oxygen atoms in total. The van der Waals surface area contributed by atoms with E-state index in [1.54, 1.807) is 23.3 Å². The maximum absolute atomic E-state index is 13.0. The molecule has 1 atom stereocenters. The summed E-state index contributed by atoms with van der Waals surface area (Å²) < 4.78 is 28.8. The second-order valence-electron chi connectivity index (χ2n) is 8.59. The summed E-state index contributed by atoms with van der Waals surface area (Å²) in [6.07, 6.45) is 3.00. The number of amides is 2. The molecule has 0 radical (unpaired) electrons. The van der Waals surface area contributed by atoms with Crippen molar-refractivity contribution in [3.63, 3.8) is 0 Å². The predicted octanol–water partition coefficient (Wildman–Crippen LogP) is 2.11. The van der Waals surface area contributed by atoms with Crippen LogP contribution in [0.4, 0.5) is 10.5 Å². The fourth-order valence-electron chi connectivity index (χ4n) is 4.17. The minimum atomic E-state index is -3.55. The van der Waals surface area contributed by atoms with Crippen molar-refractivity contribution >= 4 is 21.9 Å². The number of anilines is 1. The van der Waals surface area contributed by atoms with Gasteiger partial charge in [-0.15, -0.1) is 0 Å². The largest absolute Gasteiger partial charge is 0.323 e. The lowest BCUT2D eigenvalue weighted by Gasteiger charge is -2.32. The smallest absolute Gasteiger partial charge is 0.321 e. The van der Waals surface area contributed by atoms with Crippen LogP contribution in [-0.4, -0.2) is 92.3 Å². The third-order valence-corrected chi connectivity index (χ3v) is 8.08. The van der Waals surface area contributed by atoms with Crippen LogP contribution < -0.4 is 5.32 Å². The fourth-order valence-corrected chi connectivity index (χ4v) is 5.45. The molecule has 2 fully saturated rings. The molecule has 168 valence electrons. The van der Waals surface area contributed by atoms with E-state index in [9.17, 15) is 13.2 Å². The summed E-state index contributed by atoms with van der Waals surface area (Å²) in [7, 11) is -0.418. The Morgan fingerprint density at radius 2 is 1.87 bits per heavy atom. The fraction of sp³-hybridized carbons (Fsp3) is 0.667. The summed E-state index contributed by atoms with van der Waals surface area (Å²) in [6, 6.07) is 5.58. The SMILES string of the molecule is Cc1ccc(C)c(NC(=O)N2CC[C@H](N(CCN3CCCC3)S(=O)(=O)N(C)C)C2)c1. The molecule has 30 heavy (non-hydrogen) atoms.